The molecule has 1 aromatic rings. The van der Waals surface area contributed by atoms with E-state index in [-0.39, 0.29) is 0 Å². The Morgan fingerprint density at radius 3 is 3.00 bits per heavy atom. The summed E-state index contributed by atoms with van der Waals surface area (Å²) in [6.07, 6.45) is 6.19. The Bertz CT molecular complexity index is 358. The lowest BCUT2D eigenvalue weighted by atomic mass is 9.76. The maximum absolute atomic E-state index is 5.50. The van der Waals surface area contributed by atoms with Gasteiger partial charge in [0.2, 0.25) is 0 Å². The van der Waals surface area contributed by atoms with E-state index in [4.69, 9.17) is 5.73 Å². The number of hydrogen-bond acceptors (Lipinski definition) is 3. The maximum Gasteiger partial charge on any atom is 0.129 e. The lowest BCUT2D eigenvalue weighted by molar-refractivity contribution is 0.311. The number of rotatable bonds is 2. The molecule has 15 heavy (non-hydrogen) atoms. The van der Waals surface area contributed by atoms with Gasteiger partial charge in [0.05, 0.1) is 0 Å². The second-order valence-electron chi connectivity index (χ2n) is 5.14. The van der Waals surface area contributed by atoms with Crippen LogP contribution in [0.3, 0.4) is 0 Å². The highest BCUT2D eigenvalue weighted by Gasteiger charge is 2.26. The molecule has 0 atom stereocenters. The highest BCUT2D eigenvalue weighted by atomic mass is 14.9. The summed E-state index contributed by atoms with van der Waals surface area (Å²) in [7, 11) is 0. The largest absolute Gasteiger partial charge is 0.330 e. The van der Waals surface area contributed by atoms with Gasteiger partial charge in [-0.25, -0.2) is 9.97 Å². The van der Waals surface area contributed by atoms with E-state index in [2.05, 4.69) is 23.8 Å². The van der Waals surface area contributed by atoms with E-state index in [1.54, 1.807) is 0 Å². The molecule has 1 heterocycles. The Kier molecular flexibility index (Phi) is 2.74. The molecule has 3 nitrogen and oxygen atoms in total. The molecule has 0 amide bonds. The van der Waals surface area contributed by atoms with Gasteiger partial charge in [0.25, 0.3) is 0 Å². The van der Waals surface area contributed by atoms with Gasteiger partial charge in [-0.3, -0.25) is 0 Å². The standard InChI is InChI=1S/C12H19N3/c1-12(2)5-3-10-9(7-12)8-14-11(15-10)4-6-13/h8H,3-7,13H2,1-2H3. The molecule has 3 heteroatoms. The van der Waals surface area contributed by atoms with Crippen molar-refractivity contribution in [3.05, 3.63) is 23.3 Å². The molecule has 2 N–H and O–H groups in total. The van der Waals surface area contributed by atoms with E-state index >= 15 is 0 Å². The van der Waals surface area contributed by atoms with E-state index in [9.17, 15) is 0 Å². The molecule has 0 aliphatic heterocycles. The number of aromatic nitrogens is 2. The van der Waals surface area contributed by atoms with Crippen LogP contribution in [-0.4, -0.2) is 16.5 Å². The number of nitrogens with two attached hydrogens (primary N) is 1. The van der Waals surface area contributed by atoms with Crippen molar-refractivity contribution in [1.82, 2.24) is 9.97 Å². The predicted molar refractivity (Wildman–Crippen MR) is 60.6 cm³/mol. The van der Waals surface area contributed by atoms with Crippen molar-refractivity contribution in [3.8, 4) is 0 Å². The first-order chi connectivity index (χ1) is 7.11. The Balaban J connectivity index is 2.24. The zero-order valence-corrected chi connectivity index (χ0v) is 9.58. The number of aryl methyl sites for hydroxylation is 1. The van der Waals surface area contributed by atoms with Crippen LogP contribution < -0.4 is 5.73 Å². The van der Waals surface area contributed by atoms with Gasteiger partial charge in [0, 0.05) is 18.3 Å². The molecule has 0 saturated heterocycles. The Morgan fingerprint density at radius 2 is 2.27 bits per heavy atom. The summed E-state index contributed by atoms with van der Waals surface area (Å²) < 4.78 is 0. The first-order valence-corrected chi connectivity index (χ1v) is 5.64. The molecule has 1 aliphatic carbocycles. The van der Waals surface area contributed by atoms with Gasteiger partial charge >= 0.3 is 0 Å². The van der Waals surface area contributed by atoms with E-state index in [1.165, 1.54) is 17.7 Å². The zero-order chi connectivity index (χ0) is 10.9. The first kappa shape index (κ1) is 10.6. The topological polar surface area (TPSA) is 51.8 Å². The maximum atomic E-state index is 5.50. The van der Waals surface area contributed by atoms with Gasteiger partial charge in [-0.1, -0.05) is 13.8 Å². The summed E-state index contributed by atoms with van der Waals surface area (Å²) in [6.45, 7) is 5.25. The van der Waals surface area contributed by atoms with Crippen LogP contribution in [0.2, 0.25) is 0 Å². The molecular formula is C12H19N3. The molecule has 2 rings (SSSR count). The summed E-state index contributed by atoms with van der Waals surface area (Å²) in [5.74, 6) is 0.899. The Labute approximate surface area is 91.1 Å². The van der Waals surface area contributed by atoms with Crippen molar-refractivity contribution >= 4 is 0 Å². The normalized spacial score (nSPS) is 18.6. The van der Waals surface area contributed by atoms with Crippen LogP contribution in [0.15, 0.2) is 6.20 Å². The lowest BCUT2D eigenvalue weighted by Gasteiger charge is -2.30. The van der Waals surface area contributed by atoms with E-state index < -0.39 is 0 Å². The van der Waals surface area contributed by atoms with Crippen LogP contribution in [0.4, 0.5) is 0 Å². The second-order valence-corrected chi connectivity index (χ2v) is 5.14. The number of hydrogen-bond donors (Lipinski definition) is 1. The molecule has 1 aliphatic rings. The fourth-order valence-electron chi connectivity index (χ4n) is 2.16. The Hall–Kier alpha value is -0.960. The van der Waals surface area contributed by atoms with Crippen LogP contribution in [0.5, 0.6) is 0 Å². The quantitative estimate of drug-likeness (QED) is 0.796. The van der Waals surface area contributed by atoms with E-state index in [0.29, 0.717) is 12.0 Å². The fraction of sp³-hybridized carbons (Fsp3) is 0.667. The highest BCUT2D eigenvalue weighted by molar-refractivity contribution is 5.22. The average Bonchev–Trinajstić information content (AvgIpc) is 2.18. The molecule has 0 aromatic carbocycles. The van der Waals surface area contributed by atoms with Gasteiger partial charge < -0.3 is 5.73 Å². The van der Waals surface area contributed by atoms with Crippen molar-refractivity contribution < 1.29 is 0 Å². The molecule has 0 spiro atoms. The van der Waals surface area contributed by atoms with Crippen molar-refractivity contribution in [1.29, 1.82) is 0 Å². The first-order valence-electron chi connectivity index (χ1n) is 5.64. The van der Waals surface area contributed by atoms with E-state index in [0.717, 1.165) is 25.1 Å². The predicted octanol–water partition coefficient (Wildman–Crippen LogP) is 1.49. The SMILES string of the molecule is CC1(C)CCc2nc(CCN)ncc2C1. The van der Waals surface area contributed by atoms with Crippen LogP contribution in [0, 0.1) is 5.41 Å². The van der Waals surface area contributed by atoms with Gasteiger partial charge in [-0.15, -0.1) is 0 Å². The smallest absolute Gasteiger partial charge is 0.129 e. The second kappa shape index (κ2) is 3.89. The van der Waals surface area contributed by atoms with Crippen LogP contribution >= 0.6 is 0 Å². The molecule has 0 radical (unpaired) electrons. The summed E-state index contributed by atoms with van der Waals surface area (Å²) in [6, 6.07) is 0. The van der Waals surface area contributed by atoms with Crippen molar-refractivity contribution in [3.63, 3.8) is 0 Å². The Morgan fingerprint density at radius 1 is 1.47 bits per heavy atom. The molecule has 82 valence electrons. The third-order valence-corrected chi connectivity index (χ3v) is 3.08. The third kappa shape index (κ3) is 2.34. The van der Waals surface area contributed by atoms with Crippen LogP contribution in [0.1, 0.15) is 37.4 Å². The van der Waals surface area contributed by atoms with Gasteiger partial charge in [0.15, 0.2) is 0 Å². The summed E-state index contributed by atoms with van der Waals surface area (Å²) >= 11 is 0. The summed E-state index contributed by atoms with van der Waals surface area (Å²) in [5, 5.41) is 0. The average molecular weight is 205 g/mol. The lowest BCUT2D eigenvalue weighted by Crippen LogP contribution is -2.24. The van der Waals surface area contributed by atoms with Crippen LogP contribution in [0.25, 0.3) is 0 Å². The number of fused-ring (bicyclic) bond motifs is 1. The third-order valence-electron chi connectivity index (χ3n) is 3.08. The molecule has 0 fully saturated rings. The zero-order valence-electron chi connectivity index (χ0n) is 9.58. The highest BCUT2D eigenvalue weighted by Crippen LogP contribution is 2.33. The van der Waals surface area contributed by atoms with Crippen molar-refractivity contribution in [2.75, 3.05) is 6.54 Å². The number of nitrogens with zero attached hydrogens (tertiary/aromatic N) is 2. The minimum atomic E-state index is 0.408. The minimum Gasteiger partial charge on any atom is -0.330 e. The van der Waals surface area contributed by atoms with Crippen molar-refractivity contribution in [2.24, 2.45) is 11.1 Å². The molecule has 0 bridgehead atoms. The van der Waals surface area contributed by atoms with E-state index in [1.807, 2.05) is 6.20 Å². The molecular weight excluding hydrogens is 186 g/mol. The minimum absolute atomic E-state index is 0.408. The van der Waals surface area contributed by atoms with Gasteiger partial charge in [-0.05, 0) is 36.8 Å². The molecule has 0 unspecified atom stereocenters. The van der Waals surface area contributed by atoms with Gasteiger partial charge in [0.1, 0.15) is 5.82 Å². The van der Waals surface area contributed by atoms with Gasteiger partial charge in [-0.2, -0.15) is 0 Å². The summed E-state index contributed by atoms with van der Waals surface area (Å²) in [4.78, 5) is 8.93. The summed E-state index contributed by atoms with van der Waals surface area (Å²) in [5.41, 5.74) is 8.48. The monoisotopic (exact) mass is 205 g/mol. The van der Waals surface area contributed by atoms with Crippen LogP contribution in [-0.2, 0) is 19.3 Å². The fourth-order valence-corrected chi connectivity index (χ4v) is 2.16. The molecule has 0 saturated carbocycles. The molecule has 1 aromatic heterocycles. The van der Waals surface area contributed by atoms with Crippen molar-refractivity contribution in [2.45, 2.75) is 39.5 Å².